The molecule has 5 rings (SSSR count). The highest BCUT2D eigenvalue weighted by atomic mass is 16.5. The Balaban J connectivity index is 1.48. The molecule has 1 saturated heterocycles. The average molecular weight is 459 g/mol. The largest absolute Gasteiger partial charge is 0.463 e. The van der Waals surface area contributed by atoms with Crippen molar-refractivity contribution < 1.29 is 9.84 Å². The maximum absolute atomic E-state index is 9.16. The summed E-state index contributed by atoms with van der Waals surface area (Å²) in [4.78, 5) is 14.3. The van der Waals surface area contributed by atoms with Crippen molar-refractivity contribution in [3.8, 4) is 12.1 Å². The minimum Gasteiger partial charge on any atom is -0.463 e. The van der Waals surface area contributed by atoms with Crippen LogP contribution in [0.3, 0.4) is 0 Å². The fraction of sp³-hybridized carbons (Fsp3) is 0.423. The van der Waals surface area contributed by atoms with E-state index in [0.717, 1.165) is 44.1 Å². The number of nitrogens with zero attached hydrogens (tertiary/aromatic N) is 5. The molecular weight excluding hydrogens is 428 g/mol. The van der Waals surface area contributed by atoms with E-state index in [4.69, 9.17) is 25.1 Å². The van der Waals surface area contributed by atoms with Crippen LogP contribution in [0.15, 0.2) is 42.5 Å². The van der Waals surface area contributed by atoms with Crippen molar-refractivity contribution in [3.63, 3.8) is 0 Å². The van der Waals surface area contributed by atoms with Gasteiger partial charge in [-0.3, -0.25) is 0 Å². The molecule has 2 N–H and O–H groups in total. The maximum Gasteiger partial charge on any atom is 0.318 e. The summed E-state index contributed by atoms with van der Waals surface area (Å²) in [7, 11) is 0. The zero-order valence-corrected chi connectivity index (χ0v) is 19.3. The van der Waals surface area contributed by atoms with Crippen molar-refractivity contribution in [2.75, 3.05) is 49.2 Å². The van der Waals surface area contributed by atoms with E-state index in [1.165, 1.54) is 22.0 Å². The summed E-state index contributed by atoms with van der Waals surface area (Å²) < 4.78 is 5.83. The van der Waals surface area contributed by atoms with Crippen LogP contribution in [-0.2, 0) is 13.0 Å². The lowest BCUT2D eigenvalue weighted by atomic mass is 10.0. The summed E-state index contributed by atoms with van der Waals surface area (Å²) in [5.74, 6) is 0.922. The van der Waals surface area contributed by atoms with Gasteiger partial charge >= 0.3 is 6.01 Å². The van der Waals surface area contributed by atoms with Gasteiger partial charge in [0.15, 0.2) is 0 Å². The van der Waals surface area contributed by atoms with Crippen LogP contribution in [0.25, 0.3) is 10.8 Å². The van der Waals surface area contributed by atoms with Gasteiger partial charge in [-0.05, 0) is 17.9 Å². The van der Waals surface area contributed by atoms with Crippen LogP contribution in [0, 0.1) is 11.3 Å². The number of hydrogen-bond donors (Lipinski definition) is 2. The molecule has 0 amide bonds. The Bertz CT molecular complexity index is 1190. The summed E-state index contributed by atoms with van der Waals surface area (Å²) in [6.45, 7) is 4.39. The third-order valence-electron chi connectivity index (χ3n) is 6.56. The van der Waals surface area contributed by atoms with E-state index < -0.39 is 0 Å². The number of ether oxygens (including phenoxy) is 1. The molecule has 0 bridgehead atoms. The Kier molecular flexibility index (Phi) is 6.74. The molecule has 1 fully saturated rings. The second-order valence-electron chi connectivity index (χ2n) is 8.81. The van der Waals surface area contributed by atoms with Gasteiger partial charge in [0.25, 0.3) is 0 Å². The van der Waals surface area contributed by atoms with Gasteiger partial charge < -0.3 is 25.0 Å². The molecule has 176 valence electrons. The number of nitriles is 1. The summed E-state index contributed by atoms with van der Waals surface area (Å²) in [6, 6.07) is 17.7. The zero-order chi connectivity index (χ0) is 23.3. The summed E-state index contributed by atoms with van der Waals surface area (Å²) >= 11 is 0. The van der Waals surface area contributed by atoms with Crippen LogP contribution in [0.5, 0.6) is 6.01 Å². The lowest BCUT2D eigenvalue weighted by molar-refractivity contribution is 0.223. The summed E-state index contributed by atoms with van der Waals surface area (Å²) in [5, 5.41) is 24.2. The fourth-order valence-corrected chi connectivity index (χ4v) is 4.90. The molecule has 1 aromatic heterocycles. The van der Waals surface area contributed by atoms with Crippen molar-refractivity contribution in [1.29, 1.82) is 5.26 Å². The van der Waals surface area contributed by atoms with Crippen molar-refractivity contribution in [1.82, 2.24) is 15.3 Å². The molecule has 0 saturated carbocycles. The van der Waals surface area contributed by atoms with E-state index in [1.807, 2.05) is 0 Å². The van der Waals surface area contributed by atoms with Gasteiger partial charge in [-0.1, -0.05) is 36.4 Å². The molecule has 1 unspecified atom stereocenters. The van der Waals surface area contributed by atoms with Gasteiger partial charge in [0.2, 0.25) is 0 Å². The minimum atomic E-state index is 0.0697. The van der Waals surface area contributed by atoms with E-state index >= 15 is 0 Å². The lowest BCUT2D eigenvalue weighted by Gasteiger charge is -2.37. The molecule has 2 aliphatic heterocycles. The normalized spacial score (nSPS) is 17.9. The first kappa shape index (κ1) is 22.4. The van der Waals surface area contributed by atoms with Gasteiger partial charge in [-0.25, -0.2) is 0 Å². The van der Waals surface area contributed by atoms with E-state index in [2.05, 4.69) is 63.7 Å². The summed E-state index contributed by atoms with van der Waals surface area (Å²) in [6.07, 6.45) is 1.85. The monoisotopic (exact) mass is 458 g/mol. The first-order chi connectivity index (χ1) is 16.8. The molecule has 2 aliphatic rings. The third kappa shape index (κ3) is 4.63. The topological polar surface area (TPSA) is 97.5 Å². The van der Waals surface area contributed by atoms with Crippen molar-refractivity contribution in [2.24, 2.45) is 0 Å². The Morgan fingerprint density at radius 1 is 1.12 bits per heavy atom. The van der Waals surface area contributed by atoms with Crippen LogP contribution >= 0.6 is 0 Å². The lowest BCUT2D eigenvalue weighted by Crippen LogP contribution is -2.51. The number of anilines is 2. The van der Waals surface area contributed by atoms with Crippen molar-refractivity contribution in [3.05, 3.63) is 53.7 Å². The highest BCUT2D eigenvalue weighted by Gasteiger charge is 2.29. The van der Waals surface area contributed by atoms with Crippen molar-refractivity contribution >= 4 is 22.3 Å². The van der Waals surface area contributed by atoms with Gasteiger partial charge in [0.1, 0.15) is 5.82 Å². The molecule has 8 heteroatoms. The van der Waals surface area contributed by atoms with Crippen LogP contribution in [0.1, 0.15) is 24.1 Å². The second-order valence-corrected chi connectivity index (χ2v) is 8.81. The van der Waals surface area contributed by atoms with E-state index in [-0.39, 0.29) is 12.6 Å². The number of rotatable bonds is 7. The number of aliphatic hydroxyl groups is 1. The van der Waals surface area contributed by atoms with Crippen LogP contribution < -0.4 is 19.9 Å². The van der Waals surface area contributed by atoms with Gasteiger partial charge in [-0.2, -0.15) is 15.2 Å². The number of nitrogens with one attached hydrogen (secondary N) is 1. The molecule has 1 atom stereocenters. The molecule has 2 aromatic carbocycles. The van der Waals surface area contributed by atoms with E-state index in [9.17, 15) is 0 Å². The molecular formula is C26H30N6O2. The quantitative estimate of drug-likeness (QED) is 0.522. The molecule has 8 nitrogen and oxygen atoms in total. The second kappa shape index (κ2) is 10.2. The number of benzene rings is 2. The first-order valence-electron chi connectivity index (χ1n) is 12.0. The molecule has 0 aliphatic carbocycles. The number of fused-ring (bicyclic) bond motifs is 2. The van der Waals surface area contributed by atoms with E-state index in [0.29, 0.717) is 32.0 Å². The van der Waals surface area contributed by atoms with Crippen LogP contribution in [-0.4, -0.2) is 60.5 Å². The number of aromatic nitrogens is 2. The zero-order valence-electron chi connectivity index (χ0n) is 19.3. The maximum atomic E-state index is 9.16. The molecule has 0 spiro atoms. The molecule has 0 radical (unpaired) electrons. The van der Waals surface area contributed by atoms with Crippen LogP contribution in [0.2, 0.25) is 0 Å². The average Bonchev–Trinajstić information content (AvgIpc) is 2.88. The predicted octanol–water partition coefficient (Wildman–Crippen LogP) is 2.65. The van der Waals surface area contributed by atoms with Crippen molar-refractivity contribution in [2.45, 2.75) is 31.8 Å². The molecule has 3 heterocycles. The third-order valence-corrected chi connectivity index (χ3v) is 6.56. The van der Waals surface area contributed by atoms with Crippen LogP contribution in [0.4, 0.5) is 11.5 Å². The highest BCUT2D eigenvalue weighted by Crippen LogP contribution is 2.34. The predicted molar refractivity (Wildman–Crippen MR) is 132 cm³/mol. The molecule has 34 heavy (non-hydrogen) atoms. The number of aliphatic hydroxyl groups excluding tert-OH is 1. The fourth-order valence-electron chi connectivity index (χ4n) is 4.90. The number of piperazine rings is 1. The minimum absolute atomic E-state index is 0.0697. The number of hydrogen-bond acceptors (Lipinski definition) is 8. The Morgan fingerprint density at radius 2 is 2.00 bits per heavy atom. The standard InChI is InChI=1S/C26H30N6O2/c27-11-9-20-17-32(14-12-28-20)25-22-10-13-31(18-23(22)29-26(30-25)34-16-4-15-33)24-8-3-6-19-5-1-2-7-21(19)24/h1-3,5-8,20,28,33H,4,9-10,12-18H2. The smallest absolute Gasteiger partial charge is 0.318 e. The van der Waals surface area contributed by atoms with Gasteiger partial charge in [0, 0.05) is 61.9 Å². The summed E-state index contributed by atoms with van der Waals surface area (Å²) in [5.41, 5.74) is 3.37. The molecule has 3 aromatic rings. The Hall–Kier alpha value is -3.41. The van der Waals surface area contributed by atoms with Gasteiger partial charge in [0.05, 0.1) is 31.3 Å². The Morgan fingerprint density at radius 3 is 2.88 bits per heavy atom. The highest BCUT2D eigenvalue weighted by molar-refractivity contribution is 5.94. The van der Waals surface area contributed by atoms with Gasteiger partial charge in [-0.15, -0.1) is 0 Å². The first-order valence-corrected chi connectivity index (χ1v) is 12.0. The Labute approximate surface area is 199 Å². The SMILES string of the molecule is N#CCC1CN(c2nc(OCCCO)nc3c2CCN(c2cccc4ccccc24)C3)CCN1. The van der Waals surface area contributed by atoms with E-state index in [1.54, 1.807) is 0 Å².